The van der Waals surface area contributed by atoms with Gasteiger partial charge < -0.3 is 35.0 Å². The van der Waals surface area contributed by atoms with Crippen molar-refractivity contribution in [3.63, 3.8) is 0 Å². The van der Waals surface area contributed by atoms with Crippen LogP contribution in [-0.4, -0.2) is 56.7 Å². The van der Waals surface area contributed by atoms with Crippen LogP contribution in [0.1, 0.15) is 11.1 Å². The minimum absolute atomic E-state index is 0.0428. The lowest BCUT2D eigenvalue weighted by Crippen LogP contribution is -2.54. The van der Waals surface area contributed by atoms with Gasteiger partial charge in [-0.15, -0.1) is 0 Å². The van der Waals surface area contributed by atoms with E-state index in [0.717, 1.165) is 5.56 Å². The van der Waals surface area contributed by atoms with Crippen molar-refractivity contribution in [2.75, 3.05) is 6.61 Å². The van der Waals surface area contributed by atoms with Crippen molar-refractivity contribution in [1.29, 1.82) is 0 Å². The van der Waals surface area contributed by atoms with E-state index in [1.807, 2.05) is 0 Å². The summed E-state index contributed by atoms with van der Waals surface area (Å²) in [6, 6.07) is 11.1. The number of rotatable bonds is 4. The summed E-state index contributed by atoms with van der Waals surface area (Å²) in [7, 11) is 0. The molecule has 7 heteroatoms. The summed E-state index contributed by atoms with van der Waals surface area (Å²) in [5.74, 6) is 0.371. The van der Waals surface area contributed by atoms with Gasteiger partial charge in [-0.25, -0.2) is 0 Å². The molecule has 7 nitrogen and oxygen atoms in total. The van der Waals surface area contributed by atoms with Crippen LogP contribution in [0.3, 0.4) is 0 Å². The lowest BCUT2D eigenvalue weighted by molar-refractivity contribution is -0.242. The molecule has 0 aromatic heterocycles. The predicted molar refractivity (Wildman–Crippen MR) is 93.5 cm³/mol. The van der Waals surface area contributed by atoms with E-state index >= 15 is 0 Å². The fourth-order valence-corrected chi connectivity index (χ4v) is 2.56. The van der Waals surface area contributed by atoms with E-state index in [9.17, 15) is 25.5 Å². The quantitative estimate of drug-likeness (QED) is 0.518. The van der Waals surface area contributed by atoms with Gasteiger partial charge in [0.2, 0.25) is 6.29 Å². The molecule has 0 spiro atoms. The van der Waals surface area contributed by atoms with Crippen LogP contribution >= 0.6 is 0 Å². The van der Waals surface area contributed by atoms with Gasteiger partial charge >= 0.3 is 0 Å². The molecular weight excluding hydrogens is 340 g/mol. The molecule has 1 fully saturated rings. The van der Waals surface area contributed by atoms with Crippen LogP contribution in [-0.2, 0) is 4.74 Å². The number of phenolic OH excluding ortho intramolecular Hbond substituents is 2. The largest absolute Gasteiger partial charge is 0.508 e. The molecule has 26 heavy (non-hydrogen) atoms. The molecule has 1 aliphatic heterocycles. The summed E-state index contributed by atoms with van der Waals surface area (Å²) >= 11 is 0. The number of hydrogen-bond acceptors (Lipinski definition) is 7. The third-order valence-electron chi connectivity index (χ3n) is 3.98. The third kappa shape index (κ3) is 4.33. The summed E-state index contributed by atoms with van der Waals surface area (Å²) in [4.78, 5) is 0. The molecule has 138 valence electrons. The number of hydrogen-bond donors (Lipinski definition) is 5. The Morgan fingerprint density at radius 2 is 1.54 bits per heavy atom. The van der Waals surface area contributed by atoms with Gasteiger partial charge in [-0.2, -0.15) is 0 Å². The van der Waals surface area contributed by atoms with Crippen LogP contribution in [0.15, 0.2) is 42.5 Å². The van der Waals surface area contributed by atoms with Crippen molar-refractivity contribution in [2.24, 2.45) is 0 Å². The summed E-state index contributed by atoms with van der Waals surface area (Å²) in [6.07, 6.45) is -1.60. The molecule has 5 N–H and O–H groups in total. The van der Waals surface area contributed by atoms with Crippen molar-refractivity contribution in [3.8, 4) is 17.2 Å². The fourth-order valence-electron chi connectivity index (χ4n) is 2.56. The lowest BCUT2D eigenvalue weighted by Gasteiger charge is -2.34. The molecule has 2 aromatic carbocycles. The van der Waals surface area contributed by atoms with E-state index < -0.39 is 24.6 Å². The Labute approximate surface area is 150 Å². The van der Waals surface area contributed by atoms with Gasteiger partial charge in [0.15, 0.2) is 0 Å². The van der Waals surface area contributed by atoms with Crippen LogP contribution in [0.4, 0.5) is 0 Å². The maximum absolute atomic E-state index is 9.93. The minimum Gasteiger partial charge on any atom is -0.508 e. The van der Waals surface area contributed by atoms with Gasteiger partial charge in [-0.1, -0.05) is 24.3 Å². The van der Waals surface area contributed by atoms with Crippen molar-refractivity contribution in [3.05, 3.63) is 53.6 Å². The SMILES string of the molecule is Oc1ccc(/C=C/c2cc(O)cc(OC3OC[C@@H](O)[C@H](O)[C@H]3O)c2)cc1. The van der Waals surface area contributed by atoms with E-state index in [4.69, 9.17) is 9.47 Å². The van der Waals surface area contributed by atoms with Crippen LogP contribution in [0.5, 0.6) is 17.2 Å². The zero-order chi connectivity index (χ0) is 18.7. The second-order valence-corrected chi connectivity index (χ2v) is 6.05. The molecule has 3 rings (SSSR count). The van der Waals surface area contributed by atoms with Crippen LogP contribution in [0.25, 0.3) is 12.2 Å². The standard InChI is InChI=1S/C19H20O7/c20-13-5-3-11(4-6-13)1-2-12-7-14(21)9-15(8-12)26-19-18(24)17(23)16(22)10-25-19/h1-9,16-24H,10H2/b2-1+/t16-,17+,18-,19?/m1/s1. The summed E-state index contributed by atoms with van der Waals surface area (Å²) < 4.78 is 10.7. The van der Waals surface area contributed by atoms with Gasteiger partial charge in [0.25, 0.3) is 0 Å². The molecule has 1 saturated heterocycles. The first-order chi connectivity index (χ1) is 12.4. The zero-order valence-corrected chi connectivity index (χ0v) is 13.8. The molecule has 0 aliphatic carbocycles. The average Bonchev–Trinajstić information content (AvgIpc) is 2.61. The van der Waals surface area contributed by atoms with Crippen molar-refractivity contribution < 1.29 is 35.0 Å². The molecule has 0 amide bonds. The smallest absolute Gasteiger partial charge is 0.228 e. The lowest BCUT2D eigenvalue weighted by atomic mass is 10.1. The first-order valence-corrected chi connectivity index (χ1v) is 8.06. The predicted octanol–water partition coefficient (Wildman–Crippen LogP) is 1.09. The number of benzene rings is 2. The second-order valence-electron chi connectivity index (χ2n) is 6.05. The third-order valence-corrected chi connectivity index (χ3v) is 3.98. The maximum Gasteiger partial charge on any atom is 0.228 e. The number of aliphatic hydroxyl groups excluding tert-OH is 3. The Bertz CT molecular complexity index is 772. The maximum atomic E-state index is 9.93. The fraction of sp³-hybridized carbons (Fsp3) is 0.263. The van der Waals surface area contributed by atoms with Crippen LogP contribution in [0, 0.1) is 0 Å². The van der Waals surface area contributed by atoms with E-state index in [0.29, 0.717) is 5.56 Å². The van der Waals surface area contributed by atoms with Gasteiger partial charge in [0.05, 0.1) is 6.61 Å². The van der Waals surface area contributed by atoms with E-state index in [-0.39, 0.29) is 23.9 Å². The molecule has 1 heterocycles. The summed E-state index contributed by atoms with van der Waals surface area (Å²) in [5.41, 5.74) is 1.50. The normalized spacial score (nSPS) is 26.1. The zero-order valence-electron chi connectivity index (χ0n) is 13.8. The van der Waals surface area contributed by atoms with E-state index in [1.165, 1.54) is 12.1 Å². The Kier molecular flexibility index (Phi) is 5.43. The van der Waals surface area contributed by atoms with E-state index in [1.54, 1.807) is 42.5 Å². The monoisotopic (exact) mass is 360 g/mol. The number of phenols is 2. The summed E-state index contributed by atoms with van der Waals surface area (Å²) in [6.45, 7) is -0.171. The highest BCUT2D eigenvalue weighted by molar-refractivity contribution is 5.71. The second kappa shape index (κ2) is 7.76. The number of ether oxygens (including phenoxy) is 2. The molecule has 0 saturated carbocycles. The van der Waals surface area contributed by atoms with Gasteiger partial charge in [0.1, 0.15) is 35.6 Å². The minimum atomic E-state index is -1.42. The molecule has 0 radical (unpaired) electrons. The molecule has 4 atom stereocenters. The van der Waals surface area contributed by atoms with Crippen molar-refractivity contribution >= 4 is 12.2 Å². The highest BCUT2D eigenvalue weighted by Gasteiger charge is 2.39. The number of aliphatic hydroxyl groups is 3. The Morgan fingerprint density at radius 3 is 2.27 bits per heavy atom. The van der Waals surface area contributed by atoms with Gasteiger partial charge in [-0.05, 0) is 35.4 Å². The first-order valence-electron chi connectivity index (χ1n) is 8.06. The topological polar surface area (TPSA) is 120 Å². The highest BCUT2D eigenvalue weighted by Crippen LogP contribution is 2.27. The molecular formula is C19H20O7. The van der Waals surface area contributed by atoms with Gasteiger partial charge in [0, 0.05) is 6.07 Å². The molecule has 0 bridgehead atoms. The first kappa shape index (κ1) is 18.2. The van der Waals surface area contributed by atoms with Crippen molar-refractivity contribution in [2.45, 2.75) is 24.6 Å². The Hall–Kier alpha value is -2.58. The van der Waals surface area contributed by atoms with E-state index in [2.05, 4.69) is 0 Å². The Balaban J connectivity index is 1.74. The average molecular weight is 360 g/mol. The summed E-state index contributed by atoms with van der Waals surface area (Å²) in [5, 5.41) is 48.2. The Morgan fingerprint density at radius 1 is 0.846 bits per heavy atom. The molecule has 1 unspecified atom stereocenters. The van der Waals surface area contributed by atoms with Gasteiger partial charge in [-0.3, -0.25) is 0 Å². The highest BCUT2D eigenvalue weighted by atomic mass is 16.7. The van der Waals surface area contributed by atoms with Crippen LogP contribution in [0.2, 0.25) is 0 Å². The molecule has 1 aliphatic rings. The van der Waals surface area contributed by atoms with Crippen LogP contribution < -0.4 is 4.74 Å². The van der Waals surface area contributed by atoms with Crippen molar-refractivity contribution in [1.82, 2.24) is 0 Å². The molecule has 2 aromatic rings. The number of aromatic hydroxyl groups is 2.